The van der Waals surface area contributed by atoms with Crippen LogP contribution < -0.4 is 9.47 Å². The normalized spacial score (nSPS) is 20.8. The highest BCUT2D eigenvalue weighted by molar-refractivity contribution is 6.30. The number of carbonyl (C=O) groups is 1. The van der Waals surface area contributed by atoms with Crippen molar-refractivity contribution in [3.05, 3.63) is 70.8 Å². The average Bonchev–Trinajstić information content (AvgIpc) is 3.28. The summed E-state index contributed by atoms with van der Waals surface area (Å²) >= 11 is 5.74. The number of piperidine rings is 1. The van der Waals surface area contributed by atoms with Gasteiger partial charge in [-0.1, -0.05) is 11.6 Å². The lowest BCUT2D eigenvalue weighted by molar-refractivity contribution is -0.0593. The molecule has 42 heavy (non-hydrogen) atoms. The number of fused-ring (bicyclic) bond motifs is 1. The molecule has 2 aliphatic heterocycles. The molecule has 0 amide bonds. The molecule has 0 spiro atoms. The van der Waals surface area contributed by atoms with E-state index in [0.717, 1.165) is 55.3 Å². The molecule has 2 fully saturated rings. The Balaban J connectivity index is 1.09. The quantitative estimate of drug-likeness (QED) is 0.279. The zero-order chi connectivity index (χ0) is 29.2. The fourth-order valence-corrected chi connectivity index (χ4v) is 5.44. The van der Waals surface area contributed by atoms with E-state index >= 15 is 0 Å². The standard InChI is InChI=1S/C29H30ClFN6O5/c1-17-10-20(42-27-4-7-32-25(35-27)16-41-28-22(31)12-19(30)13-33-28)5-8-36(17)15-26-34-23-3-2-18(29(38)39)11-24(23)37(26)14-21-6-9-40-21/h2-4,7,11-13,17,20-21H,5-6,8-10,14-16H2,1H3,(H,38,39)/t17-,20-,21?/m0/s1. The molecule has 2 aliphatic rings. The topological polar surface area (TPSA) is 125 Å². The number of hydrogen-bond donors (Lipinski definition) is 1. The first-order valence-electron chi connectivity index (χ1n) is 13.8. The first kappa shape index (κ1) is 28.3. The number of pyridine rings is 1. The van der Waals surface area contributed by atoms with E-state index in [1.54, 1.807) is 30.5 Å². The number of halogens is 2. The molecule has 220 valence electrons. The van der Waals surface area contributed by atoms with E-state index in [4.69, 9.17) is 30.8 Å². The van der Waals surface area contributed by atoms with E-state index in [0.29, 0.717) is 24.8 Å². The minimum absolute atomic E-state index is 0.0457. The molecule has 1 aromatic carbocycles. The first-order chi connectivity index (χ1) is 20.3. The smallest absolute Gasteiger partial charge is 0.335 e. The highest BCUT2D eigenvalue weighted by atomic mass is 35.5. The van der Waals surface area contributed by atoms with Gasteiger partial charge in [0, 0.05) is 37.7 Å². The number of carboxylic acid groups (broad SMARTS) is 1. The highest BCUT2D eigenvalue weighted by Crippen LogP contribution is 2.27. The minimum atomic E-state index is -0.961. The van der Waals surface area contributed by atoms with Crippen LogP contribution in [0.5, 0.6) is 11.8 Å². The Morgan fingerprint density at radius 2 is 2.07 bits per heavy atom. The SMILES string of the molecule is C[C@H]1C[C@@H](Oc2ccnc(COc3ncc(Cl)cc3F)n2)CCN1Cc1nc2ccc(C(=O)O)cc2n1CC1CCO1. The molecule has 13 heteroatoms. The zero-order valence-corrected chi connectivity index (χ0v) is 23.7. The van der Waals surface area contributed by atoms with Crippen LogP contribution in [0.3, 0.4) is 0 Å². The van der Waals surface area contributed by atoms with Gasteiger partial charge in [0.2, 0.25) is 5.88 Å². The Kier molecular flexibility index (Phi) is 8.18. The number of aromatic nitrogens is 5. The van der Waals surface area contributed by atoms with Crippen molar-refractivity contribution in [1.82, 2.24) is 29.4 Å². The van der Waals surface area contributed by atoms with Gasteiger partial charge in [-0.2, -0.15) is 4.98 Å². The van der Waals surface area contributed by atoms with Crippen LogP contribution in [0.2, 0.25) is 5.02 Å². The summed E-state index contributed by atoms with van der Waals surface area (Å²) in [5.74, 6) is -0.136. The van der Waals surface area contributed by atoms with Gasteiger partial charge in [-0.05, 0) is 50.5 Å². The van der Waals surface area contributed by atoms with Crippen LogP contribution in [0.15, 0.2) is 42.7 Å². The summed E-state index contributed by atoms with van der Waals surface area (Å²) in [5, 5.41) is 9.69. The predicted octanol–water partition coefficient (Wildman–Crippen LogP) is 4.51. The number of nitrogens with zero attached hydrogens (tertiary/aromatic N) is 6. The van der Waals surface area contributed by atoms with Gasteiger partial charge in [0.1, 0.15) is 18.5 Å². The van der Waals surface area contributed by atoms with Gasteiger partial charge in [-0.25, -0.2) is 24.1 Å². The number of carboxylic acids is 1. The minimum Gasteiger partial charge on any atom is -0.478 e. The van der Waals surface area contributed by atoms with Crippen molar-refractivity contribution in [3.63, 3.8) is 0 Å². The van der Waals surface area contributed by atoms with Crippen LogP contribution in [-0.4, -0.2) is 71.9 Å². The van der Waals surface area contributed by atoms with Crippen LogP contribution in [0, 0.1) is 5.82 Å². The lowest BCUT2D eigenvalue weighted by Gasteiger charge is -2.37. The molecule has 0 radical (unpaired) electrons. The second-order valence-electron chi connectivity index (χ2n) is 10.6. The molecule has 3 aromatic heterocycles. The summed E-state index contributed by atoms with van der Waals surface area (Å²) in [6.45, 7) is 4.89. The molecule has 2 saturated heterocycles. The Labute approximate surface area is 246 Å². The summed E-state index contributed by atoms with van der Waals surface area (Å²) in [7, 11) is 0. The molecular formula is C29H30ClFN6O5. The van der Waals surface area contributed by atoms with Crippen LogP contribution >= 0.6 is 11.6 Å². The predicted molar refractivity (Wildman–Crippen MR) is 150 cm³/mol. The van der Waals surface area contributed by atoms with E-state index in [-0.39, 0.29) is 41.3 Å². The van der Waals surface area contributed by atoms with Crippen molar-refractivity contribution in [3.8, 4) is 11.8 Å². The number of hydrogen-bond acceptors (Lipinski definition) is 9. The average molecular weight is 597 g/mol. The van der Waals surface area contributed by atoms with Gasteiger partial charge < -0.3 is 23.9 Å². The lowest BCUT2D eigenvalue weighted by Crippen LogP contribution is -2.44. The summed E-state index contributed by atoms with van der Waals surface area (Å²) in [6.07, 6.45) is 5.49. The van der Waals surface area contributed by atoms with Crippen LogP contribution in [0.1, 0.15) is 48.2 Å². The van der Waals surface area contributed by atoms with Crippen molar-refractivity contribution in [1.29, 1.82) is 0 Å². The number of aromatic carboxylic acids is 1. The molecule has 11 nitrogen and oxygen atoms in total. The maximum absolute atomic E-state index is 14.0. The molecule has 0 aliphatic carbocycles. The van der Waals surface area contributed by atoms with Crippen molar-refractivity contribution >= 4 is 28.6 Å². The molecule has 3 atom stereocenters. The molecular weight excluding hydrogens is 567 g/mol. The van der Waals surface area contributed by atoms with Crippen molar-refractivity contribution in [2.24, 2.45) is 0 Å². The van der Waals surface area contributed by atoms with E-state index in [9.17, 15) is 14.3 Å². The summed E-state index contributed by atoms with van der Waals surface area (Å²) < 4.78 is 33.4. The number of likely N-dealkylation sites (tertiary alicyclic amines) is 1. The molecule has 4 aromatic rings. The van der Waals surface area contributed by atoms with Gasteiger partial charge in [0.25, 0.3) is 5.88 Å². The van der Waals surface area contributed by atoms with Gasteiger partial charge in [0.15, 0.2) is 11.6 Å². The van der Waals surface area contributed by atoms with Gasteiger partial charge in [-0.3, -0.25) is 4.90 Å². The molecule has 6 rings (SSSR count). The largest absolute Gasteiger partial charge is 0.478 e. The summed E-state index contributed by atoms with van der Waals surface area (Å²) in [4.78, 5) is 31.3. The number of rotatable bonds is 10. The molecule has 5 heterocycles. The fraction of sp³-hybridized carbons (Fsp3) is 0.414. The van der Waals surface area contributed by atoms with E-state index in [1.165, 1.54) is 6.20 Å². The second-order valence-corrected chi connectivity index (χ2v) is 11.0. The van der Waals surface area contributed by atoms with E-state index < -0.39 is 11.8 Å². The molecule has 0 saturated carbocycles. The second kappa shape index (κ2) is 12.2. The Bertz CT molecular complexity index is 1600. The molecule has 1 unspecified atom stereocenters. The van der Waals surface area contributed by atoms with E-state index in [2.05, 4.69) is 31.3 Å². The highest BCUT2D eigenvalue weighted by Gasteiger charge is 2.29. The van der Waals surface area contributed by atoms with Crippen molar-refractivity contribution in [2.75, 3.05) is 13.2 Å². The van der Waals surface area contributed by atoms with Gasteiger partial charge >= 0.3 is 5.97 Å². The number of ether oxygens (including phenoxy) is 3. The van der Waals surface area contributed by atoms with Crippen LogP contribution in [0.25, 0.3) is 11.0 Å². The first-order valence-corrected chi connectivity index (χ1v) is 14.2. The number of imidazole rings is 1. The lowest BCUT2D eigenvalue weighted by atomic mass is 10.0. The summed E-state index contributed by atoms with van der Waals surface area (Å²) in [6, 6.07) is 8.08. The van der Waals surface area contributed by atoms with Gasteiger partial charge in [-0.15, -0.1) is 0 Å². The van der Waals surface area contributed by atoms with Crippen molar-refractivity contribution in [2.45, 2.75) is 64.1 Å². The maximum atomic E-state index is 14.0. The Hall–Kier alpha value is -3.87. The maximum Gasteiger partial charge on any atom is 0.335 e. The third kappa shape index (κ3) is 6.30. The zero-order valence-electron chi connectivity index (χ0n) is 22.9. The molecule has 0 bridgehead atoms. The van der Waals surface area contributed by atoms with E-state index in [1.807, 2.05) is 0 Å². The third-order valence-corrected chi connectivity index (χ3v) is 7.85. The number of benzene rings is 1. The Morgan fingerprint density at radius 1 is 1.21 bits per heavy atom. The molecule has 1 N–H and O–H groups in total. The van der Waals surface area contributed by atoms with Crippen molar-refractivity contribution < 1.29 is 28.5 Å². The van der Waals surface area contributed by atoms with Gasteiger partial charge in [0.05, 0.1) is 40.8 Å². The van der Waals surface area contributed by atoms with Crippen LogP contribution in [0.4, 0.5) is 4.39 Å². The monoisotopic (exact) mass is 596 g/mol. The third-order valence-electron chi connectivity index (χ3n) is 7.64. The fourth-order valence-electron chi connectivity index (χ4n) is 5.29. The summed E-state index contributed by atoms with van der Waals surface area (Å²) in [5.41, 5.74) is 1.83. The Morgan fingerprint density at radius 3 is 2.81 bits per heavy atom. The van der Waals surface area contributed by atoms with Crippen LogP contribution in [-0.2, 0) is 24.4 Å².